The fraction of sp³-hybridized carbons (Fsp3) is 0.400. The van der Waals surface area contributed by atoms with Crippen molar-refractivity contribution < 1.29 is 9.84 Å². The Balaban J connectivity index is 3.03. The van der Waals surface area contributed by atoms with E-state index >= 15 is 0 Å². The van der Waals surface area contributed by atoms with E-state index in [0.29, 0.717) is 6.61 Å². The molecule has 0 saturated heterocycles. The SMILES string of the molecule is CCOc1ccc(Br)cc1C(C)O. The van der Waals surface area contributed by atoms with Crippen LogP contribution in [-0.4, -0.2) is 11.7 Å². The maximum atomic E-state index is 9.45. The highest BCUT2D eigenvalue weighted by Gasteiger charge is 2.08. The highest BCUT2D eigenvalue weighted by Crippen LogP contribution is 2.28. The Kier molecular flexibility index (Phi) is 3.75. The van der Waals surface area contributed by atoms with Gasteiger partial charge in [0.1, 0.15) is 5.75 Å². The van der Waals surface area contributed by atoms with Crippen molar-refractivity contribution in [2.75, 3.05) is 6.61 Å². The molecule has 0 amide bonds. The Morgan fingerprint density at radius 3 is 2.77 bits per heavy atom. The van der Waals surface area contributed by atoms with Gasteiger partial charge in [0.25, 0.3) is 0 Å². The minimum Gasteiger partial charge on any atom is -0.493 e. The molecule has 0 radical (unpaired) electrons. The molecule has 1 unspecified atom stereocenters. The zero-order chi connectivity index (χ0) is 9.84. The van der Waals surface area contributed by atoms with E-state index in [1.54, 1.807) is 6.92 Å². The van der Waals surface area contributed by atoms with Crippen molar-refractivity contribution in [3.05, 3.63) is 28.2 Å². The molecule has 0 aliphatic carbocycles. The van der Waals surface area contributed by atoms with Gasteiger partial charge in [0, 0.05) is 10.0 Å². The molecule has 3 heteroatoms. The number of halogens is 1. The molecule has 0 aliphatic heterocycles. The van der Waals surface area contributed by atoms with Crippen LogP contribution in [0.2, 0.25) is 0 Å². The van der Waals surface area contributed by atoms with Gasteiger partial charge in [-0.2, -0.15) is 0 Å². The minimum absolute atomic E-state index is 0.501. The van der Waals surface area contributed by atoms with Crippen LogP contribution >= 0.6 is 15.9 Å². The molecule has 0 aromatic heterocycles. The van der Waals surface area contributed by atoms with Crippen LogP contribution < -0.4 is 4.74 Å². The number of aliphatic hydroxyl groups excluding tert-OH is 1. The minimum atomic E-state index is -0.501. The lowest BCUT2D eigenvalue weighted by molar-refractivity contribution is 0.192. The van der Waals surface area contributed by atoms with Crippen LogP contribution in [0.4, 0.5) is 0 Å². The Morgan fingerprint density at radius 2 is 2.23 bits per heavy atom. The summed E-state index contributed by atoms with van der Waals surface area (Å²) < 4.78 is 6.32. The Hall–Kier alpha value is -0.540. The fourth-order valence-electron chi connectivity index (χ4n) is 1.13. The van der Waals surface area contributed by atoms with Crippen LogP contribution in [0, 0.1) is 0 Å². The van der Waals surface area contributed by atoms with Gasteiger partial charge >= 0.3 is 0 Å². The normalized spacial score (nSPS) is 12.6. The molecule has 2 nitrogen and oxygen atoms in total. The van der Waals surface area contributed by atoms with E-state index in [2.05, 4.69) is 15.9 Å². The molecule has 0 saturated carbocycles. The first kappa shape index (κ1) is 10.5. The monoisotopic (exact) mass is 244 g/mol. The summed E-state index contributed by atoms with van der Waals surface area (Å²) in [4.78, 5) is 0. The Bertz CT molecular complexity index is 284. The van der Waals surface area contributed by atoms with E-state index in [1.807, 2.05) is 25.1 Å². The van der Waals surface area contributed by atoms with Crippen LogP contribution in [0.1, 0.15) is 25.5 Å². The summed E-state index contributed by atoms with van der Waals surface area (Å²) in [6.07, 6.45) is -0.501. The quantitative estimate of drug-likeness (QED) is 0.887. The smallest absolute Gasteiger partial charge is 0.125 e. The third kappa shape index (κ3) is 2.71. The lowest BCUT2D eigenvalue weighted by Gasteiger charge is -2.12. The van der Waals surface area contributed by atoms with E-state index in [0.717, 1.165) is 15.8 Å². The highest BCUT2D eigenvalue weighted by molar-refractivity contribution is 9.10. The number of hydrogen-bond donors (Lipinski definition) is 1. The highest BCUT2D eigenvalue weighted by atomic mass is 79.9. The number of rotatable bonds is 3. The average Bonchev–Trinajstić information content (AvgIpc) is 2.08. The van der Waals surface area contributed by atoms with Gasteiger partial charge in [-0.15, -0.1) is 0 Å². The van der Waals surface area contributed by atoms with Crippen molar-refractivity contribution in [3.63, 3.8) is 0 Å². The standard InChI is InChI=1S/C10H13BrO2/c1-3-13-10-5-4-8(11)6-9(10)7(2)12/h4-7,12H,3H2,1-2H3. The first-order chi connectivity index (χ1) is 6.15. The van der Waals surface area contributed by atoms with Crippen molar-refractivity contribution in [2.24, 2.45) is 0 Å². The number of hydrogen-bond acceptors (Lipinski definition) is 2. The summed E-state index contributed by atoms with van der Waals surface area (Å²) in [7, 11) is 0. The second-order valence-corrected chi connectivity index (χ2v) is 3.71. The molecule has 13 heavy (non-hydrogen) atoms. The molecule has 0 aliphatic rings. The van der Waals surface area contributed by atoms with Gasteiger partial charge in [0.15, 0.2) is 0 Å². The van der Waals surface area contributed by atoms with E-state index in [1.165, 1.54) is 0 Å². The van der Waals surface area contributed by atoms with Crippen LogP contribution in [0.25, 0.3) is 0 Å². The topological polar surface area (TPSA) is 29.5 Å². The summed E-state index contributed by atoms with van der Waals surface area (Å²) in [6.45, 7) is 4.26. The van der Waals surface area contributed by atoms with Crippen LogP contribution in [0.3, 0.4) is 0 Å². The molecule has 0 fully saturated rings. The second-order valence-electron chi connectivity index (χ2n) is 2.79. The van der Waals surface area contributed by atoms with E-state index in [-0.39, 0.29) is 0 Å². The van der Waals surface area contributed by atoms with Crippen molar-refractivity contribution in [3.8, 4) is 5.75 Å². The predicted octanol–water partition coefficient (Wildman–Crippen LogP) is 2.90. The van der Waals surface area contributed by atoms with Crippen molar-refractivity contribution >= 4 is 15.9 Å². The molecule has 1 aromatic rings. The van der Waals surface area contributed by atoms with Gasteiger partial charge in [-0.1, -0.05) is 15.9 Å². The lowest BCUT2D eigenvalue weighted by atomic mass is 10.1. The van der Waals surface area contributed by atoms with Gasteiger partial charge in [-0.3, -0.25) is 0 Å². The van der Waals surface area contributed by atoms with E-state index in [9.17, 15) is 5.11 Å². The van der Waals surface area contributed by atoms with Crippen molar-refractivity contribution in [1.82, 2.24) is 0 Å². The zero-order valence-corrected chi connectivity index (χ0v) is 9.34. The van der Waals surface area contributed by atoms with Gasteiger partial charge < -0.3 is 9.84 Å². The van der Waals surface area contributed by atoms with Crippen LogP contribution in [0.15, 0.2) is 22.7 Å². The maximum Gasteiger partial charge on any atom is 0.125 e. The molecule has 1 aromatic carbocycles. The van der Waals surface area contributed by atoms with Gasteiger partial charge in [-0.05, 0) is 32.0 Å². The van der Waals surface area contributed by atoms with Crippen molar-refractivity contribution in [1.29, 1.82) is 0 Å². The van der Waals surface area contributed by atoms with E-state index < -0.39 is 6.10 Å². The number of ether oxygens (including phenoxy) is 1. The lowest BCUT2D eigenvalue weighted by Crippen LogP contribution is -1.99. The number of benzene rings is 1. The number of aliphatic hydroxyl groups is 1. The molecule has 1 rings (SSSR count). The molecule has 0 heterocycles. The fourth-order valence-corrected chi connectivity index (χ4v) is 1.51. The second kappa shape index (κ2) is 4.63. The molecule has 1 atom stereocenters. The van der Waals surface area contributed by atoms with E-state index in [4.69, 9.17) is 4.74 Å². The predicted molar refractivity (Wildman–Crippen MR) is 55.9 cm³/mol. The average molecular weight is 245 g/mol. The molecular weight excluding hydrogens is 232 g/mol. The third-order valence-electron chi connectivity index (χ3n) is 1.72. The maximum absolute atomic E-state index is 9.45. The summed E-state index contributed by atoms with van der Waals surface area (Å²) in [5, 5.41) is 9.45. The largest absolute Gasteiger partial charge is 0.493 e. The Morgan fingerprint density at radius 1 is 1.54 bits per heavy atom. The van der Waals surface area contributed by atoms with Crippen LogP contribution in [0.5, 0.6) is 5.75 Å². The summed E-state index contributed by atoms with van der Waals surface area (Å²) >= 11 is 3.35. The molecular formula is C10H13BrO2. The van der Waals surface area contributed by atoms with Gasteiger partial charge in [0.2, 0.25) is 0 Å². The summed E-state index contributed by atoms with van der Waals surface area (Å²) in [5.74, 6) is 0.751. The first-order valence-electron chi connectivity index (χ1n) is 4.25. The molecule has 1 N–H and O–H groups in total. The molecule has 0 spiro atoms. The summed E-state index contributed by atoms with van der Waals surface area (Å²) in [5.41, 5.74) is 0.816. The molecule has 0 bridgehead atoms. The van der Waals surface area contributed by atoms with Crippen molar-refractivity contribution in [2.45, 2.75) is 20.0 Å². The Labute approximate surface area is 86.7 Å². The third-order valence-corrected chi connectivity index (χ3v) is 2.22. The molecule has 72 valence electrons. The summed E-state index contributed by atoms with van der Waals surface area (Å²) in [6, 6.07) is 5.63. The first-order valence-corrected chi connectivity index (χ1v) is 5.04. The van der Waals surface area contributed by atoms with Gasteiger partial charge in [0.05, 0.1) is 12.7 Å². The van der Waals surface area contributed by atoms with Gasteiger partial charge in [-0.25, -0.2) is 0 Å². The zero-order valence-electron chi connectivity index (χ0n) is 7.75. The van der Waals surface area contributed by atoms with Crippen LogP contribution in [-0.2, 0) is 0 Å².